The molecule has 15 heavy (non-hydrogen) atoms. The van der Waals surface area contributed by atoms with Crippen molar-refractivity contribution in [2.75, 3.05) is 6.54 Å². The van der Waals surface area contributed by atoms with Crippen LogP contribution in [0.15, 0.2) is 36.4 Å². The van der Waals surface area contributed by atoms with Crippen molar-refractivity contribution in [1.29, 1.82) is 0 Å². The quantitative estimate of drug-likeness (QED) is 0.784. The van der Waals surface area contributed by atoms with Crippen molar-refractivity contribution in [3.8, 4) is 5.75 Å². The van der Waals surface area contributed by atoms with Crippen LogP contribution in [0.5, 0.6) is 5.75 Å². The Morgan fingerprint density at radius 3 is 2.40 bits per heavy atom. The Hall–Kier alpha value is -1.54. The highest BCUT2D eigenvalue weighted by atomic mass is 16.3. The summed E-state index contributed by atoms with van der Waals surface area (Å²) in [6, 6.07) is 11.8. The SMILES string of the molecule is CC(CN)c1cc2ccccc2cc1O. The van der Waals surface area contributed by atoms with E-state index < -0.39 is 0 Å². The molecule has 2 nitrogen and oxygen atoms in total. The van der Waals surface area contributed by atoms with Gasteiger partial charge in [0.2, 0.25) is 0 Å². The summed E-state index contributed by atoms with van der Waals surface area (Å²) in [5.74, 6) is 0.529. The highest BCUT2D eigenvalue weighted by Gasteiger charge is 2.09. The predicted molar refractivity (Wildman–Crippen MR) is 63.1 cm³/mol. The maximum atomic E-state index is 9.85. The number of hydrogen-bond acceptors (Lipinski definition) is 2. The summed E-state index contributed by atoms with van der Waals surface area (Å²) in [7, 11) is 0. The number of phenolic OH excluding ortho intramolecular Hbond substituents is 1. The van der Waals surface area contributed by atoms with E-state index in [4.69, 9.17) is 5.73 Å². The van der Waals surface area contributed by atoms with Crippen LogP contribution < -0.4 is 5.73 Å². The Morgan fingerprint density at radius 2 is 1.80 bits per heavy atom. The van der Waals surface area contributed by atoms with Gasteiger partial charge in [-0.15, -0.1) is 0 Å². The van der Waals surface area contributed by atoms with Gasteiger partial charge in [0.1, 0.15) is 5.75 Å². The Bertz CT molecular complexity index is 479. The van der Waals surface area contributed by atoms with Crippen molar-refractivity contribution in [3.05, 3.63) is 42.0 Å². The minimum Gasteiger partial charge on any atom is -0.508 e. The second-order valence-electron chi connectivity index (χ2n) is 3.89. The van der Waals surface area contributed by atoms with Gasteiger partial charge in [0, 0.05) is 0 Å². The zero-order valence-electron chi connectivity index (χ0n) is 8.77. The van der Waals surface area contributed by atoms with Gasteiger partial charge in [-0.3, -0.25) is 0 Å². The molecule has 0 saturated carbocycles. The van der Waals surface area contributed by atoms with Gasteiger partial charge >= 0.3 is 0 Å². The molecule has 0 spiro atoms. The summed E-state index contributed by atoms with van der Waals surface area (Å²) in [6.45, 7) is 2.57. The Balaban J connectivity index is 2.61. The van der Waals surface area contributed by atoms with Crippen molar-refractivity contribution in [1.82, 2.24) is 0 Å². The van der Waals surface area contributed by atoms with Crippen molar-refractivity contribution in [2.24, 2.45) is 5.73 Å². The Kier molecular flexibility index (Phi) is 2.60. The zero-order valence-corrected chi connectivity index (χ0v) is 8.77. The minimum absolute atomic E-state index is 0.189. The van der Waals surface area contributed by atoms with Gasteiger partial charge in [0.15, 0.2) is 0 Å². The van der Waals surface area contributed by atoms with E-state index in [1.807, 2.05) is 37.3 Å². The van der Waals surface area contributed by atoms with Crippen LogP contribution >= 0.6 is 0 Å². The number of aromatic hydroxyl groups is 1. The van der Waals surface area contributed by atoms with Gasteiger partial charge in [-0.05, 0) is 40.9 Å². The third-order valence-corrected chi connectivity index (χ3v) is 2.78. The maximum Gasteiger partial charge on any atom is 0.119 e. The van der Waals surface area contributed by atoms with E-state index in [0.717, 1.165) is 16.3 Å². The summed E-state index contributed by atoms with van der Waals surface area (Å²) < 4.78 is 0. The second kappa shape index (κ2) is 3.91. The molecule has 0 radical (unpaired) electrons. The van der Waals surface area contributed by atoms with E-state index in [1.165, 1.54) is 0 Å². The molecule has 2 rings (SSSR count). The lowest BCUT2D eigenvalue weighted by Gasteiger charge is -2.12. The van der Waals surface area contributed by atoms with Crippen molar-refractivity contribution < 1.29 is 5.11 Å². The van der Waals surface area contributed by atoms with E-state index in [0.29, 0.717) is 12.3 Å². The average Bonchev–Trinajstić information content (AvgIpc) is 2.27. The predicted octanol–water partition coefficient (Wildman–Crippen LogP) is 2.61. The van der Waals surface area contributed by atoms with Crippen LogP contribution in [0.2, 0.25) is 0 Å². The average molecular weight is 201 g/mol. The van der Waals surface area contributed by atoms with E-state index in [2.05, 4.69) is 0 Å². The summed E-state index contributed by atoms with van der Waals surface area (Å²) in [6.07, 6.45) is 0. The van der Waals surface area contributed by atoms with Gasteiger partial charge in [0.05, 0.1) is 0 Å². The monoisotopic (exact) mass is 201 g/mol. The second-order valence-corrected chi connectivity index (χ2v) is 3.89. The number of hydrogen-bond donors (Lipinski definition) is 2. The van der Waals surface area contributed by atoms with Crippen molar-refractivity contribution in [3.63, 3.8) is 0 Å². The molecule has 2 heteroatoms. The molecular weight excluding hydrogens is 186 g/mol. The Labute approximate surface area is 89.3 Å². The lowest BCUT2D eigenvalue weighted by atomic mass is 9.97. The molecule has 2 aromatic rings. The first kappa shape index (κ1) is 9.99. The van der Waals surface area contributed by atoms with Crippen LogP contribution in [0.25, 0.3) is 10.8 Å². The molecule has 1 unspecified atom stereocenters. The highest BCUT2D eigenvalue weighted by Crippen LogP contribution is 2.29. The van der Waals surface area contributed by atoms with Gasteiger partial charge in [-0.25, -0.2) is 0 Å². The molecule has 3 N–H and O–H groups in total. The molecule has 0 heterocycles. The third kappa shape index (κ3) is 1.81. The van der Waals surface area contributed by atoms with Gasteiger partial charge in [0.25, 0.3) is 0 Å². The molecule has 78 valence electrons. The van der Waals surface area contributed by atoms with Gasteiger partial charge < -0.3 is 10.8 Å². The number of benzene rings is 2. The normalized spacial score (nSPS) is 12.9. The molecule has 0 aromatic heterocycles. The summed E-state index contributed by atoms with van der Waals surface area (Å²) in [5.41, 5.74) is 6.53. The van der Waals surface area contributed by atoms with Crippen molar-refractivity contribution in [2.45, 2.75) is 12.8 Å². The summed E-state index contributed by atoms with van der Waals surface area (Å²) in [4.78, 5) is 0. The molecule has 0 amide bonds. The number of nitrogens with two attached hydrogens (primary N) is 1. The number of rotatable bonds is 2. The molecule has 0 bridgehead atoms. The van der Waals surface area contributed by atoms with E-state index in [1.54, 1.807) is 6.07 Å². The van der Waals surface area contributed by atoms with Crippen molar-refractivity contribution >= 4 is 10.8 Å². The highest BCUT2D eigenvalue weighted by molar-refractivity contribution is 5.85. The first-order valence-electron chi connectivity index (χ1n) is 5.14. The van der Waals surface area contributed by atoms with Crippen LogP contribution in [-0.4, -0.2) is 11.7 Å². The fraction of sp³-hybridized carbons (Fsp3) is 0.231. The topological polar surface area (TPSA) is 46.2 Å². The first-order valence-corrected chi connectivity index (χ1v) is 5.14. The molecule has 0 aliphatic carbocycles. The number of phenols is 1. The molecule has 0 saturated heterocycles. The fourth-order valence-electron chi connectivity index (χ4n) is 1.77. The van der Waals surface area contributed by atoms with Gasteiger partial charge in [-0.1, -0.05) is 31.2 Å². The molecular formula is C13H15NO. The fourth-order valence-corrected chi connectivity index (χ4v) is 1.77. The van der Waals surface area contributed by atoms with Crippen LogP contribution in [0.1, 0.15) is 18.4 Å². The van der Waals surface area contributed by atoms with Crippen LogP contribution in [0.3, 0.4) is 0 Å². The smallest absolute Gasteiger partial charge is 0.119 e. The molecule has 0 aliphatic rings. The zero-order chi connectivity index (χ0) is 10.8. The molecule has 2 aromatic carbocycles. The largest absolute Gasteiger partial charge is 0.508 e. The standard InChI is InChI=1S/C13H15NO/c1-9(8-14)12-6-10-4-2-3-5-11(10)7-13(12)15/h2-7,9,15H,8,14H2,1H3. The van der Waals surface area contributed by atoms with Crippen LogP contribution in [0, 0.1) is 0 Å². The molecule has 0 aliphatic heterocycles. The third-order valence-electron chi connectivity index (χ3n) is 2.78. The van der Waals surface area contributed by atoms with Gasteiger partial charge in [-0.2, -0.15) is 0 Å². The molecule has 0 fully saturated rings. The summed E-state index contributed by atoms with van der Waals surface area (Å²) >= 11 is 0. The minimum atomic E-state index is 0.189. The lowest BCUT2D eigenvalue weighted by Crippen LogP contribution is -2.08. The summed E-state index contributed by atoms with van der Waals surface area (Å²) in [5, 5.41) is 12.1. The molecule has 1 atom stereocenters. The van der Waals surface area contributed by atoms with E-state index >= 15 is 0 Å². The lowest BCUT2D eigenvalue weighted by molar-refractivity contribution is 0.464. The van der Waals surface area contributed by atoms with Crippen LogP contribution in [-0.2, 0) is 0 Å². The van der Waals surface area contributed by atoms with Crippen LogP contribution in [0.4, 0.5) is 0 Å². The number of fused-ring (bicyclic) bond motifs is 1. The maximum absolute atomic E-state index is 9.85. The van der Waals surface area contributed by atoms with E-state index in [9.17, 15) is 5.11 Å². The first-order chi connectivity index (χ1) is 7.22. The Morgan fingerprint density at radius 1 is 1.20 bits per heavy atom. The van der Waals surface area contributed by atoms with E-state index in [-0.39, 0.29) is 5.92 Å².